The number of allylic oxidation sites excluding steroid dienone is 4. The maximum absolute atomic E-state index is 15.1. The highest BCUT2D eigenvalue weighted by Gasteiger charge is 2.78. The third kappa shape index (κ3) is 2.88. The second-order valence-electron chi connectivity index (χ2n) is 11.5. The van der Waals surface area contributed by atoms with E-state index in [1.807, 2.05) is 6.92 Å². The molecule has 8 atom stereocenters. The van der Waals surface area contributed by atoms with Crippen LogP contribution in [0.4, 0.5) is 22.0 Å². The highest BCUT2D eigenvalue weighted by atomic mass is 19.4. The van der Waals surface area contributed by atoms with E-state index in [0.29, 0.717) is 32.1 Å². The minimum atomic E-state index is -5.65. The summed E-state index contributed by atoms with van der Waals surface area (Å²) in [6, 6.07) is 0. The van der Waals surface area contributed by atoms with Gasteiger partial charge in [-0.3, -0.25) is 4.79 Å². The van der Waals surface area contributed by atoms with Crippen LogP contribution in [0.5, 0.6) is 0 Å². The van der Waals surface area contributed by atoms with Gasteiger partial charge in [0.25, 0.3) is 0 Å². The van der Waals surface area contributed by atoms with Crippen molar-refractivity contribution < 1.29 is 36.6 Å². The fraction of sp³-hybridized carbons (Fsp3) is 0.800. The number of carbonyl (C=O) groups is 1. The third-order valence-electron chi connectivity index (χ3n) is 10.3. The highest BCUT2D eigenvalue weighted by Crippen LogP contribution is 2.75. The molecule has 2 saturated carbocycles. The van der Waals surface area contributed by atoms with Gasteiger partial charge in [-0.25, -0.2) is 0 Å². The average molecular weight is 475 g/mol. The lowest BCUT2D eigenvalue weighted by atomic mass is 9.48. The molecule has 4 unspecified atom stereocenters. The van der Waals surface area contributed by atoms with Crippen molar-refractivity contribution in [2.75, 3.05) is 6.61 Å². The minimum Gasteiger partial charge on any atom is -0.394 e. The van der Waals surface area contributed by atoms with Gasteiger partial charge in [0.1, 0.15) is 6.10 Å². The lowest BCUT2D eigenvalue weighted by Crippen LogP contribution is -2.55. The zero-order chi connectivity index (χ0) is 24.2. The molecular formula is C25H31F5O3. The molecule has 184 valence electrons. The van der Waals surface area contributed by atoms with Crippen LogP contribution in [-0.4, -0.2) is 41.8 Å². The molecule has 8 heteroatoms. The van der Waals surface area contributed by atoms with Gasteiger partial charge in [0.15, 0.2) is 5.78 Å². The molecule has 0 aromatic rings. The number of ether oxygens (including phenoxy) is 1. The van der Waals surface area contributed by atoms with Crippen molar-refractivity contribution in [2.24, 2.45) is 34.0 Å². The summed E-state index contributed by atoms with van der Waals surface area (Å²) in [7, 11) is 0. The molecule has 0 spiro atoms. The normalized spacial score (nSPS) is 47.3. The number of rotatable bonds is 3. The summed E-state index contributed by atoms with van der Waals surface area (Å²) < 4.78 is 76.6. The SMILES string of the molecule is C[C@]12CCC(=O)C=C1CCC1C2=CC[C@@]2(C)C1C[C@@H](C(F)(F)C(F)(F)F)[C@]2(C)C1OC1CO. The second-order valence-corrected chi connectivity index (χ2v) is 11.5. The van der Waals surface area contributed by atoms with E-state index in [4.69, 9.17) is 4.74 Å². The van der Waals surface area contributed by atoms with Gasteiger partial charge in [-0.05, 0) is 55.4 Å². The van der Waals surface area contributed by atoms with Crippen LogP contribution in [0.2, 0.25) is 0 Å². The van der Waals surface area contributed by atoms with Crippen LogP contribution in [0.15, 0.2) is 23.3 Å². The molecule has 1 aliphatic heterocycles. The van der Waals surface area contributed by atoms with E-state index in [2.05, 4.69) is 13.0 Å². The number of ketones is 1. The Morgan fingerprint density at radius 2 is 1.85 bits per heavy atom. The number of hydrogen-bond acceptors (Lipinski definition) is 3. The Morgan fingerprint density at radius 1 is 1.15 bits per heavy atom. The van der Waals surface area contributed by atoms with E-state index in [9.17, 15) is 23.1 Å². The molecule has 1 saturated heterocycles. The van der Waals surface area contributed by atoms with E-state index in [0.717, 1.165) is 11.1 Å². The largest absolute Gasteiger partial charge is 0.453 e. The molecule has 33 heavy (non-hydrogen) atoms. The van der Waals surface area contributed by atoms with Crippen LogP contribution in [0.25, 0.3) is 0 Å². The van der Waals surface area contributed by atoms with Gasteiger partial charge < -0.3 is 9.84 Å². The molecule has 4 aliphatic carbocycles. The van der Waals surface area contributed by atoms with Crippen LogP contribution >= 0.6 is 0 Å². The number of aliphatic hydroxyl groups is 1. The van der Waals surface area contributed by atoms with Crippen molar-refractivity contribution in [1.29, 1.82) is 0 Å². The number of aliphatic hydroxyl groups excluding tert-OH is 1. The van der Waals surface area contributed by atoms with Gasteiger partial charge >= 0.3 is 12.1 Å². The van der Waals surface area contributed by atoms with E-state index in [-0.39, 0.29) is 29.5 Å². The van der Waals surface area contributed by atoms with Gasteiger partial charge in [-0.1, -0.05) is 38.0 Å². The Morgan fingerprint density at radius 3 is 2.45 bits per heavy atom. The first kappa shape index (κ1) is 23.5. The topological polar surface area (TPSA) is 49.8 Å². The Kier molecular flexibility index (Phi) is 4.90. The van der Waals surface area contributed by atoms with Crippen molar-refractivity contribution >= 4 is 5.78 Å². The number of carbonyl (C=O) groups excluding carboxylic acids is 1. The van der Waals surface area contributed by atoms with Crippen molar-refractivity contribution in [3.05, 3.63) is 23.3 Å². The number of epoxide rings is 1. The molecule has 5 rings (SSSR count). The zero-order valence-electron chi connectivity index (χ0n) is 19.1. The molecule has 3 nitrogen and oxygen atoms in total. The Bertz CT molecular complexity index is 939. The van der Waals surface area contributed by atoms with Crippen LogP contribution < -0.4 is 0 Å². The summed E-state index contributed by atoms with van der Waals surface area (Å²) in [5.41, 5.74) is -0.413. The first-order valence-corrected chi connectivity index (χ1v) is 11.9. The van der Waals surface area contributed by atoms with Crippen molar-refractivity contribution in [2.45, 2.75) is 83.6 Å². The van der Waals surface area contributed by atoms with Gasteiger partial charge in [0, 0.05) is 23.2 Å². The summed E-state index contributed by atoms with van der Waals surface area (Å²) in [6.45, 7) is 5.08. The van der Waals surface area contributed by atoms with E-state index in [1.54, 1.807) is 6.08 Å². The summed E-state index contributed by atoms with van der Waals surface area (Å²) in [6.07, 6.45) is -0.840. The predicted octanol–water partition coefficient (Wildman–Crippen LogP) is 5.63. The van der Waals surface area contributed by atoms with Gasteiger partial charge in [-0.15, -0.1) is 0 Å². The number of fused-ring (bicyclic) bond motifs is 5. The molecule has 1 N–H and O–H groups in total. The standard InChI is InChI=1S/C25H31F5O3/c1-21-8-6-14(32)10-13(21)4-5-15-16(21)7-9-22(2)17(15)11-19(24(26,27)25(28,29)30)23(22,3)20-18(12-31)33-20/h7,10,15,17-20,31H,4-6,8-9,11-12H2,1-3H3/t15?,17?,18?,19-,20?,21+,22+,23-/m1/s1. The lowest BCUT2D eigenvalue weighted by molar-refractivity contribution is -0.316. The minimum absolute atomic E-state index is 0.0983. The van der Waals surface area contributed by atoms with Gasteiger partial charge in [-0.2, -0.15) is 22.0 Å². The first-order valence-electron chi connectivity index (χ1n) is 11.9. The molecule has 0 amide bonds. The predicted molar refractivity (Wildman–Crippen MR) is 110 cm³/mol. The Balaban J connectivity index is 1.60. The van der Waals surface area contributed by atoms with E-state index < -0.39 is 47.7 Å². The molecule has 3 fully saturated rings. The number of hydrogen-bond donors (Lipinski definition) is 1. The quantitative estimate of drug-likeness (QED) is 0.328. The molecule has 1 heterocycles. The van der Waals surface area contributed by atoms with Gasteiger partial charge in [0.2, 0.25) is 0 Å². The van der Waals surface area contributed by atoms with E-state index in [1.165, 1.54) is 6.92 Å². The van der Waals surface area contributed by atoms with E-state index >= 15 is 8.78 Å². The average Bonchev–Trinajstić information content (AvgIpc) is 3.47. The lowest BCUT2D eigenvalue weighted by Gasteiger charge is -2.55. The van der Waals surface area contributed by atoms with Crippen molar-refractivity contribution in [3.8, 4) is 0 Å². The Hall–Kier alpha value is -1.28. The molecule has 0 aromatic heterocycles. The number of alkyl halides is 5. The van der Waals surface area contributed by atoms with Crippen molar-refractivity contribution in [3.63, 3.8) is 0 Å². The maximum atomic E-state index is 15.1. The summed E-state index contributed by atoms with van der Waals surface area (Å²) in [5, 5.41) is 9.57. The van der Waals surface area contributed by atoms with Crippen LogP contribution in [-0.2, 0) is 9.53 Å². The fourth-order valence-corrected chi connectivity index (χ4v) is 8.22. The molecule has 0 radical (unpaired) electrons. The van der Waals surface area contributed by atoms with Crippen LogP contribution in [0.3, 0.4) is 0 Å². The smallest absolute Gasteiger partial charge is 0.394 e. The maximum Gasteiger partial charge on any atom is 0.453 e. The monoisotopic (exact) mass is 474 g/mol. The molecular weight excluding hydrogens is 443 g/mol. The summed E-state index contributed by atoms with van der Waals surface area (Å²) in [4.78, 5) is 12.0. The van der Waals surface area contributed by atoms with Gasteiger partial charge in [0.05, 0.1) is 12.7 Å². The van der Waals surface area contributed by atoms with Crippen LogP contribution in [0, 0.1) is 34.0 Å². The summed E-state index contributed by atoms with van der Waals surface area (Å²) >= 11 is 0. The molecule has 0 bridgehead atoms. The fourth-order valence-electron chi connectivity index (χ4n) is 8.22. The molecule has 0 aromatic carbocycles. The molecule has 5 aliphatic rings. The number of halogens is 5. The third-order valence-corrected chi connectivity index (χ3v) is 10.3. The zero-order valence-corrected chi connectivity index (χ0v) is 19.1. The van der Waals surface area contributed by atoms with Crippen molar-refractivity contribution in [1.82, 2.24) is 0 Å². The Labute approximate surface area is 190 Å². The highest BCUT2D eigenvalue weighted by molar-refractivity contribution is 5.92. The first-order chi connectivity index (χ1) is 15.2. The van der Waals surface area contributed by atoms with Crippen LogP contribution in [0.1, 0.15) is 59.3 Å². The summed E-state index contributed by atoms with van der Waals surface area (Å²) in [5.74, 6) is -7.12. The second kappa shape index (κ2) is 6.90.